The van der Waals surface area contributed by atoms with Crippen LogP contribution in [0.25, 0.3) is 0 Å². The van der Waals surface area contributed by atoms with Crippen molar-refractivity contribution in [2.24, 2.45) is 4.99 Å². The molecule has 3 rings (SSSR count). The maximum Gasteiger partial charge on any atom is 0.291 e. The van der Waals surface area contributed by atoms with E-state index < -0.39 is 5.60 Å². The number of rotatable bonds is 2. The standard InChI is InChI=1S/C18H20N2O/c1-4-19-17-20-16-11-10-13(2)12-15(16)18(3,21-17)14-8-6-5-7-9-14/h5-12H,4H2,1-3H3,(H,19,20)/t18-/m1/s1. The molecule has 0 bridgehead atoms. The van der Waals surface area contributed by atoms with Crippen molar-refractivity contribution in [3.8, 4) is 0 Å². The summed E-state index contributed by atoms with van der Waals surface area (Å²) in [6.45, 7) is 7.02. The third-order valence-electron chi connectivity index (χ3n) is 3.84. The first kappa shape index (κ1) is 13.7. The predicted molar refractivity (Wildman–Crippen MR) is 85.9 cm³/mol. The zero-order valence-electron chi connectivity index (χ0n) is 12.7. The van der Waals surface area contributed by atoms with Crippen LogP contribution in [0.4, 0.5) is 5.69 Å². The maximum atomic E-state index is 6.22. The van der Waals surface area contributed by atoms with Crippen molar-refractivity contribution < 1.29 is 4.74 Å². The van der Waals surface area contributed by atoms with Crippen LogP contribution in [0.5, 0.6) is 0 Å². The number of ether oxygens (including phenoxy) is 1. The van der Waals surface area contributed by atoms with Gasteiger partial charge in [0, 0.05) is 12.1 Å². The van der Waals surface area contributed by atoms with Gasteiger partial charge in [-0.3, -0.25) is 0 Å². The average Bonchev–Trinajstić information content (AvgIpc) is 2.49. The number of benzene rings is 2. The van der Waals surface area contributed by atoms with Crippen LogP contribution in [0.2, 0.25) is 0 Å². The smallest absolute Gasteiger partial charge is 0.291 e. The van der Waals surface area contributed by atoms with Gasteiger partial charge in [-0.2, -0.15) is 4.99 Å². The summed E-state index contributed by atoms with van der Waals surface area (Å²) >= 11 is 0. The largest absolute Gasteiger partial charge is 0.449 e. The third kappa shape index (κ3) is 2.40. The highest BCUT2D eigenvalue weighted by Crippen LogP contribution is 2.42. The lowest BCUT2D eigenvalue weighted by Crippen LogP contribution is -2.39. The van der Waals surface area contributed by atoms with E-state index in [1.165, 1.54) is 5.56 Å². The maximum absolute atomic E-state index is 6.22. The quantitative estimate of drug-likeness (QED) is 0.905. The van der Waals surface area contributed by atoms with Crippen molar-refractivity contribution in [3.05, 3.63) is 65.2 Å². The van der Waals surface area contributed by atoms with E-state index in [1.807, 2.05) is 25.1 Å². The number of aliphatic imine (C=N–C) groups is 1. The second-order valence-electron chi connectivity index (χ2n) is 5.47. The van der Waals surface area contributed by atoms with Gasteiger partial charge in [0.25, 0.3) is 6.02 Å². The lowest BCUT2D eigenvalue weighted by Gasteiger charge is -2.36. The summed E-state index contributed by atoms with van der Waals surface area (Å²) < 4.78 is 6.22. The second-order valence-corrected chi connectivity index (χ2v) is 5.47. The first-order valence-corrected chi connectivity index (χ1v) is 7.31. The zero-order valence-corrected chi connectivity index (χ0v) is 12.7. The molecule has 3 nitrogen and oxygen atoms in total. The average molecular weight is 280 g/mol. The fourth-order valence-corrected chi connectivity index (χ4v) is 2.71. The number of nitrogens with zero attached hydrogens (tertiary/aromatic N) is 1. The van der Waals surface area contributed by atoms with E-state index in [0.29, 0.717) is 6.02 Å². The van der Waals surface area contributed by atoms with Crippen LogP contribution in [0, 0.1) is 6.92 Å². The van der Waals surface area contributed by atoms with Crippen molar-refractivity contribution >= 4 is 11.7 Å². The number of hydrogen-bond donors (Lipinski definition) is 1. The van der Waals surface area contributed by atoms with E-state index in [9.17, 15) is 0 Å². The van der Waals surface area contributed by atoms with Gasteiger partial charge in [-0.1, -0.05) is 42.0 Å². The minimum absolute atomic E-state index is 0.526. The number of amidine groups is 1. The predicted octanol–water partition coefficient (Wildman–Crippen LogP) is 3.89. The second kappa shape index (κ2) is 5.24. The molecule has 1 aliphatic heterocycles. The van der Waals surface area contributed by atoms with Gasteiger partial charge in [-0.25, -0.2) is 0 Å². The van der Waals surface area contributed by atoms with E-state index >= 15 is 0 Å². The van der Waals surface area contributed by atoms with Gasteiger partial charge in [0.15, 0.2) is 5.60 Å². The molecule has 108 valence electrons. The molecule has 0 radical (unpaired) electrons. The monoisotopic (exact) mass is 280 g/mol. The summed E-state index contributed by atoms with van der Waals surface area (Å²) in [6, 6.07) is 17.2. The van der Waals surface area contributed by atoms with E-state index in [1.54, 1.807) is 0 Å². The molecular weight excluding hydrogens is 260 g/mol. The lowest BCUT2D eigenvalue weighted by molar-refractivity contribution is 0.106. The molecule has 1 aliphatic rings. The van der Waals surface area contributed by atoms with Crippen molar-refractivity contribution in [2.45, 2.75) is 26.4 Å². The molecule has 0 amide bonds. The highest BCUT2D eigenvalue weighted by molar-refractivity contribution is 5.81. The number of hydrogen-bond acceptors (Lipinski definition) is 3. The molecule has 0 spiro atoms. The minimum atomic E-state index is -0.526. The van der Waals surface area contributed by atoms with Crippen LogP contribution in [-0.2, 0) is 10.3 Å². The zero-order chi connectivity index (χ0) is 14.9. The Hall–Kier alpha value is -2.29. The molecule has 0 fully saturated rings. The molecule has 1 atom stereocenters. The van der Waals surface area contributed by atoms with Gasteiger partial charge in [-0.15, -0.1) is 0 Å². The van der Waals surface area contributed by atoms with Gasteiger partial charge in [0.1, 0.15) is 0 Å². The molecule has 2 aromatic rings. The highest BCUT2D eigenvalue weighted by Gasteiger charge is 2.37. The molecule has 0 unspecified atom stereocenters. The van der Waals surface area contributed by atoms with Crippen LogP contribution in [0.1, 0.15) is 30.5 Å². The number of nitrogens with one attached hydrogen (secondary N) is 1. The summed E-state index contributed by atoms with van der Waals surface area (Å²) in [5.74, 6) is 0. The minimum Gasteiger partial charge on any atom is -0.449 e. The fraction of sp³-hybridized carbons (Fsp3) is 0.278. The topological polar surface area (TPSA) is 33.6 Å². The Morgan fingerprint density at radius 2 is 1.90 bits per heavy atom. The van der Waals surface area contributed by atoms with Crippen LogP contribution in [-0.4, -0.2) is 12.6 Å². The van der Waals surface area contributed by atoms with Crippen LogP contribution < -0.4 is 5.32 Å². The molecule has 21 heavy (non-hydrogen) atoms. The van der Waals surface area contributed by atoms with Crippen molar-refractivity contribution in [3.63, 3.8) is 0 Å². The Morgan fingerprint density at radius 3 is 2.62 bits per heavy atom. The lowest BCUT2D eigenvalue weighted by atomic mass is 9.85. The fourth-order valence-electron chi connectivity index (χ4n) is 2.71. The van der Waals surface area contributed by atoms with E-state index in [4.69, 9.17) is 4.74 Å². The molecular formula is C18H20N2O. The Kier molecular flexibility index (Phi) is 3.42. The van der Waals surface area contributed by atoms with Gasteiger partial charge >= 0.3 is 0 Å². The summed E-state index contributed by atoms with van der Waals surface area (Å²) in [5, 5.41) is 3.19. The summed E-state index contributed by atoms with van der Waals surface area (Å²) in [4.78, 5) is 4.58. The molecule has 0 aromatic heterocycles. The van der Waals surface area contributed by atoms with Crippen molar-refractivity contribution in [1.29, 1.82) is 0 Å². The molecule has 1 N–H and O–H groups in total. The summed E-state index contributed by atoms with van der Waals surface area (Å²) in [7, 11) is 0. The Morgan fingerprint density at radius 1 is 1.14 bits per heavy atom. The van der Waals surface area contributed by atoms with E-state index in [0.717, 1.165) is 23.4 Å². The highest BCUT2D eigenvalue weighted by atomic mass is 16.5. The van der Waals surface area contributed by atoms with Crippen molar-refractivity contribution in [2.75, 3.05) is 6.54 Å². The molecule has 1 heterocycles. The molecule has 0 saturated heterocycles. The van der Waals surface area contributed by atoms with Crippen molar-refractivity contribution in [1.82, 2.24) is 5.32 Å². The molecule has 3 heteroatoms. The molecule has 0 saturated carbocycles. The Labute approximate surface area is 125 Å². The van der Waals surface area contributed by atoms with E-state index in [2.05, 4.69) is 54.5 Å². The van der Waals surface area contributed by atoms with Gasteiger partial charge in [-0.05, 0) is 38.5 Å². The Bertz CT molecular complexity index is 679. The van der Waals surface area contributed by atoms with E-state index in [-0.39, 0.29) is 0 Å². The van der Waals surface area contributed by atoms with Gasteiger partial charge < -0.3 is 10.1 Å². The summed E-state index contributed by atoms with van der Waals surface area (Å²) in [6.07, 6.45) is 0. The normalized spacial score (nSPS) is 20.2. The molecule has 2 aromatic carbocycles. The first-order valence-electron chi connectivity index (χ1n) is 7.31. The SMILES string of the molecule is CCNC1=Nc2ccc(C)cc2[C@@](C)(c2ccccc2)O1. The van der Waals surface area contributed by atoms with Crippen LogP contribution in [0.3, 0.4) is 0 Å². The number of aryl methyl sites for hydroxylation is 1. The Balaban J connectivity index is 2.18. The summed E-state index contributed by atoms with van der Waals surface area (Å²) in [5.41, 5.74) is 3.88. The first-order chi connectivity index (χ1) is 10.1. The van der Waals surface area contributed by atoms with Gasteiger partial charge in [0.05, 0.1) is 5.69 Å². The molecule has 0 aliphatic carbocycles. The van der Waals surface area contributed by atoms with Crippen LogP contribution >= 0.6 is 0 Å². The number of fused-ring (bicyclic) bond motifs is 1. The van der Waals surface area contributed by atoms with Crippen LogP contribution in [0.15, 0.2) is 53.5 Å². The van der Waals surface area contributed by atoms with Gasteiger partial charge in [0.2, 0.25) is 0 Å². The third-order valence-corrected chi connectivity index (χ3v) is 3.84.